The standard InChI is InChI=1S/C25H28N8O5/c1-37-14-13-32-24(27-28-29-32)23(21-15-17-3-8-20(38-2)16-22(17)26-25(21)34)31-11-9-30(10-12-31)18-4-6-19(7-5-18)33(35)36/h3-8,15-16,23H,9-14H2,1-2H3,(H,26,34)/t23-/m1/s1. The van der Waals surface area contributed by atoms with Crippen molar-refractivity contribution < 1.29 is 14.4 Å². The lowest BCUT2D eigenvalue weighted by Crippen LogP contribution is -2.49. The van der Waals surface area contributed by atoms with Gasteiger partial charge in [0.25, 0.3) is 11.2 Å². The molecule has 2 aromatic carbocycles. The van der Waals surface area contributed by atoms with E-state index in [1.54, 1.807) is 37.1 Å². The minimum Gasteiger partial charge on any atom is -0.497 e. The Morgan fingerprint density at radius 1 is 1.08 bits per heavy atom. The molecule has 38 heavy (non-hydrogen) atoms. The number of rotatable bonds is 9. The van der Waals surface area contributed by atoms with Crippen LogP contribution in [0.3, 0.4) is 0 Å². The Balaban J connectivity index is 1.47. The van der Waals surface area contributed by atoms with Crippen LogP contribution in [-0.4, -0.2) is 82.0 Å². The van der Waals surface area contributed by atoms with Gasteiger partial charge in [0.2, 0.25) is 0 Å². The van der Waals surface area contributed by atoms with E-state index in [0.717, 1.165) is 11.1 Å². The lowest BCUT2D eigenvalue weighted by Gasteiger charge is -2.39. The van der Waals surface area contributed by atoms with Crippen molar-refractivity contribution >= 4 is 22.3 Å². The normalized spacial score (nSPS) is 15.1. The van der Waals surface area contributed by atoms with Crippen molar-refractivity contribution in [3.05, 3.63) is 80.4 Å². The molecule has 1 aliphatic rings. The Morgan fingerprint density at radius 2 is 1.84 bits per heavy atom. The predicted molar refractivity (Wildman–Crippen MR) is 140 cm³/mol. The molecule has 0 bridgehead atoms. The largest absolute Gasteiger partial charge is 0.497 e. The fourth-order valence-electron chi connectivity index (χ4n) is 4.79. The molecule has 13 heteroatoms. The minimum absolute atomic E-state index is 0.0588. The number of nitrogens with one attached hydrogen (secondary N) is 1. The van der Waals surface area contributed by atoms with Crippen molar-refractivity contribution in [2.24, 2.45) is 0 Å². The molecular weight excluding hydrogens is 492 g/mol. The van der Waals surface area contributed by atoms with Gasteiger partial charge in [-0.3, -0.25) is 19.8 Å². The number of ether oxygens (including phenoxy) is 2. The third kappa shape index (κ3) is 5.06. The van der Waals surface area contributed by atoms with Crippen molar-refractivity contribution in [3.63, 3.8) is 0 Å². The number of hydrogen-bond donors (Lipinski definition) is 1. The van der Waals surface area contributed by atoms with Crippen LogP contribution in [0.25, 0.3) is 10.9 Å². The lowest BCUT2D eigenvalue weighted by molar-refractivity contribution is -0.384. The number of tetrazole rings is 1. The van der Waals surface area contributed by atoms with E-state index in [9.17, 15) is 14.9 Å². The van der Waals surface area contributed by atoms with Crippen LogP contribution in [0.1, 0.15) is 17.4 Å². The predicted octanol–water partition coefficient (Wildman–Crippen LogP) is 1.99. The topological polar surface area (TPSA) is 145 Å². The molecule has 13 nitrogen and oxygen atoms in total. The first kappa shape index (κ1) is 25.3. The van der Waals surface area contributed by atoms with E-state index in [1.165, 1.54) is 12.1 Å². The van der Waals surface area contributed by atoms with Gasteiger partial charge in [0, 0.05) is 62.7 Å². The number of anilines is 1. The Bertz CT molecular complexity index is 1480. The van der Waals surface area contributed by atoms with Crippen LogP contribution in [0.15, 0.2) is 53.3 Å². The van der Waals surface area contributed by atoms with Crippen LogP contribution in [0.5, 0.6) is 5.75 Å². The van der Waals surface area contributed by atoms with Gasteiger partial charge in [0.1, 0.15) is 11.8 Å². The summed E-state index contributed by atoms with van der Waals surface area (Å²) in [4.78, 5) is 31.4. The number of piperazine rings is 1. The molecule has 0 saturated carbocycles. The average Bonchev–Trinajstić information content (AvgIpc) is 3.40. The molecule has 1 fully saturated rings. The zero-order valence-corrected chi connectivity index (χ0v) is 21.1. The molecule has 0 unspecified atom stereocenters. The van der Waals surface area contributed by atoms with Gasteiger partial charge >= 0.3 is 0 Å². The second-order valence-corrected chi connectivity index (χ2v) is 8.96. The van der Waals surface area contributed by atoms with Gasteiger partial charge in [0.05, 0.1) is 30.7 Å². The molecule has 4 aromatic rings. The van der Waals surface area contributed by atoms with Crippen LogP contribution >= 0.6 is 0 Å². The minimum atomic E-state index is -0.490. The number of H-pyrrole nitrogens is 1. The van der Waals surface area contributed by atoms with Crippen molar-refractivity contribution in [3.8, 4) is 5.75 Å². The van der Waals surface area contributed by atoms with Gasteiger partial charge in [-0.15, -0.1) is 5.10 Å². The third-order valence-electron chi connectivity index (χ3n) is 6.79. The van der Waals surface area contributed by atoms with Crippen LogP contribution in [0, 0.1) is 10.1 Å². The number of benzene rings is 2. The number of hydrogen-bond acceptors (Lipinski definition) is 10. The van der Waals surface area contributed by atoms with Crippen LogP contribution in [0.4, 0.5) is 11.4 Å². The molecule has 1 N–H and O–H groups in total. The number of aromatic amines is 1. The maximum absolute atomic E-state index is 13.4. The number of nitrogens with zero attached hydrogens (tertiary/aromatic N) is 7. The van der Waals surface area contributed by atoms with Gasteiger partial charge in [-0.2, -0.15) is 0 Å². The maximum atomic E-state index is 13.4. The van der Waals surface area contributed by atoms with Crippen molar-refractivity contribution in [2.75, 3.05) is 51.9 Å². The molecule has 0 spiro atoms. The molecule has 2 aromatic heterocycles. The molecular formula is C25H28N8O5. The first-order chi connectivity index (χ1) is 18.5. The highest BCUT2D eigenvalue weighted by Gasteiger charge is 2.33. The highest BCUT2D eigenvalue weighted by molar-refractivity contribution is 5.80. The number of methoxy groups -OCH3 is 2. The number of fused-ring (bicyclic) bond motifs is 1. The monoisotopic (exact) mass is 520 g/mol. The highest BCUT2D eigenvalue weighted by atomic mass is 16.6. The smallest absolute Gasteiger partial charge is 0.269 e. The lowest BCUT2D eigenvalue weighted by atomic mass is 10.0. The maximum Gasteiger partial charge on any atom is 0.269 e. The molecule has 5 rings (SSSR count). The van der Waals surface area contributed by atoms with E-state index in [2.05, 4.69) is 30.3 Å². The number of pyridine rings is 1. The summed E-state index contributed by atoms with van der Waals surface area (Å²) in [6.45, 7) is 3.44. The molecule has 198 valence electrons. The molecule has 1 atom stereocenters. The second-order valence-electron chi connectivity index (χ2n) is 8.96. The van der Waals surface area contributed by atoms with E-state index in [4.69, 9.17) is 9.47 Å². The van der Waals surface area contributed by atoms with E-state index in [-0.39, 0.29) is 11.2 Å². The Morgan fingerprint density at radius 3 is 2.53 bits per heavy atom. The van der Waals surface area contributed by atoms with Crippen molar-refractivity contribution in [1.82, 2.24) is 30.1 Å². The highest BCUT2D eigenvalue weighted by Crippen LogP contribution is 2.30. The zero-order chi connectivity index (χ0) is 26.6. The summed E-state index contributed by atoms with van der Waals surface area (Å²) in [5.74, 6) is 1.22. The molecule has 0 amide bonds. The average molecular weight is 521 g/mol. The van der Waals surface area contributed by atoms with Gasteiger partial charge in [-0.05, 0) is 46.1 Å². The number of nitro benzene ring substituents is 1. The molecule has 1 aliphatic heterocycles. The molecule has 1 saturated heterocycles. The first-order valence-electron chi connectivity index (χ1n) is 12.2. The van der Waals surface area contributed by atoms with Crippen LogP contribution < -0.4 is 15.2 Å². The quantitative estimate of drug-likeness (QED) is 0.257. The van der Waals surface area contributed by atoms with E-state index >= 15 is 0 Å². The van der Waals surface area contributed by atoms with Gasteiger partial charge in [0.15, 0.2) is 5.82 Å². The van der Waals surface area contributed by atoms with Crippen LogP contribution in [0.2, 0.25) is 0 Å². The van der Waals surface area contributed by atoms with Gasteiger partial charge in [-0.1, -0.05) is 0 Å². The summed E-state index contributed by atoms with van der Waals surface area (Å²) < 4.78 is 12.2. The summed E-state index contributed by atoms with van der Waals surface area (Å²) in [6, 6.07) is 13.5. The van der Waals surface area contributed by atoms with E-state index in [0.29, 0.717) is 62.0 Å². The zero-order valence-electron chi connectivity index (χ0n) is 21.1. The Labute approximate surface area is 217 Å². The summed E-state index contributed by atoms with van der Waals surface area (Å²) in [5, 5.41) is 24.3. The summed E-state index contributed by atoms with van der Waals surface area (Å²) >= 11 is 0. The fraction of sp³-hybridized carbons (Fsp3) is 0.360. The van der Waals surface area contributed by atoms with Crippen LogP contribution in [-0.2, 0) is 11.3 Å². The SMILES string of the molecule is COCCn1nnnc1[C@@H](c1cc2ccc(OC)cc2[nH]c1=O)N1CCN(c2ccc([N+](=O)[O-])cc2)CC1. The van der Waals surface area contributed by atoms with E-state index < -0.39 is 11.0 Å². The fourth-order valence-corrected chi connectivity index (χ4v) is 4.79. The molecule has 0 radical (unpaired) electrons. The third-order valence-corrected chi connectivity index (χ3v) is 6.79. The van der Waals surface area contributed by atoms with E-state index in [1.807, 2.05) is 18.2 Å². The van der Waals surface area contributed by atoms with Gasteiger partial charge < -0.3 is 19.4 Å². The Kier molecular flexibility index (Phi) is 7.29. The number of nitro groups is 1. The second kappa shape index (κ2) is 10.9. The summed E-state index contributed by atoms with van der Waals surface area (Å²) in [7, 11) is 3.20. The summed E-state index contributed by atoms with van der Waals surface area (Å²) in [5.41, 5.74) is 1.96. The first-order valence-corrected chi connectivity index (χ1v) is 12.2. The Hall–Kier alpha value is -4.36. The van der Waals surface area contributed by atoms with Crippen molar-refractivity contribution in [2.45, 2.75) is 12.6 Å². The molecule has 0 aliphatic carbocycles. The number of non-ortho nitro benzene ring substituents is 1. The molecule has 3 heterocycles. The summed E-state index contributed by atoms with van der Waals surface area (Å²) in [6.07, 6.45) is 0. The number of aromatic nitrogens is 5. The van der Waals surface area contributed by atoms with Crippen molar-refractivity contribution in [1.29, 1.82) is 0 Å². The van der Waals surface area contributed by atoms with Gasteiger partial charge in [-0.25, -0.2) is 4.68 Å².